The standard InChI is InChI=1S/C11H15IN2S/c12-10-6-9(7-15-10)11(14-13)8-4-2-1-3-5-8/h4,6-7,11,14H,1-3,5,13H2. The lowest BCUT2D eigenvalue weighted by Gasteiger charge is -2.21. The normalized spacial score (nSPS) is 18.7. The van der Waals surface area contributed by atoms with E-state index in [1.165, 1.54) is 39.7 Å². The van der Waals surface area contributed by atoms with Crippen molar-refractivity contribution in [3.8, 4) is 0 Å². The lowest BCUT2D eigenvalue weighted by Crippen LogP contribution is -2.29. The first-order chi connectivity index (χ1) is 7.31. The van der Waals surface area contributed by atoms with Crippen LogP contribution in [0.1, 0.15) is 37.3 Å². The summed E-state index contributed by atoms with van der Waals surface area (Å²) in [6.07, 6.45) is 7.35. The molecule has 1 aliphatic carbocycles. The minimum atomic E-state index is 0.227. The fourth-order valence-corrected chi connectivity index (χ4v) is 3.42. The van der Waals surface area contributed by atoms with Crippen molar-refractivity contribution >= 4 is 33.9 Å². The topological polar surface area (TPSA) is 38.0 Å². The molecule has 1 aliphatic rings. The van der Waals surface area contributed by atoms with Crippen molar-refractivity contribution < 1.29 is 0 Å². The summed E-state index contributed by atoms with van der Waals surface area (Å²) in [6, 6.07) is 2.44. The molecule has 2 rings (SSSR count). The Hall–Kier alpha value is 0.0900. The maximum atomic E-state index is 5.66. The lowest BCUT2D eigenvalue weighted by atomic mass is 9.91. The van der Waals surface area contributed by atoms with Crippen molar-refractivity contribution in [1.82, 2.24) is 5.43 Å². The van der Waals surface area contributed by atoms with E-state index in [2.05, 4.69) is 45.5 Å². The van der Waals surface area contributed by atoms with Crippen LogP contribution >= 0.6 is 33.9 Å². The average Bonchev–Trinajstić information content (AvgIpc) is 2.68. The summed E-state index contributed by atoms with van der Waals surface area (Å²) in [5.74, 6) is 5.66. The Bertz CT molecular complexity index is 359. The molecule has 15 heavy (non-hydrogen) atoms. The van der Waals surface area contributed by atoms with E-state index in [-0.39, 0.29) is 6.04 Å². The van der Waals surface area contributed by atoms with Gasteiger partial charge >= 0.3 is 0 Å². The third-order valence-corrected chi connectivity index (χ3v) is 4.59. The summed E-state index contributed by atoms with van der Waals surface area (Å²) in [4.78, 5) is 0. The van der Waals surface area contributed by atoms with Crippen LogP contribution in [0, 0.1) is 2.88 Å². The highest BCUT2D eigenvalue weighted by atomic mass is 127. The van der Waals surface area contributed by atoms with Gasteiger partial charge in [-0.15, -0.1) is 11.3 Å². The van der Waals surface area contributed by atoms with Gasteiger partial charge in [0.2, 0.25) is 0 Å². The molecule has 0 fully saturated rings. The van der Waals surface area contributed by atoms with E-state index in [0.29, 0.717) is 0 Å². The molecule has 1 heterocycles. The van der Waals surface area contributed by atoms with Gasteiger partial charge in [0.25, 0.3) is 0 Å². The van der Waals surface area contributed by atoms with Crippen LogP contribution in [-0.4, -0.2) is 0 Å². The first-order valence-corrected chi connectivity index (χ1v) is 7.16. The number of nitrogens with two attached hydrogens (primary N) is 1. The molecule has 0 saturated carbocycles. The minimum Gasteiger partial charge on any atom is -0.271 e. The van der Waals surface area contributed by atoms with Crippen molar-refractivity contribution in [2.24, 2.45) is 5.84 Å². The van der Waals surface area contributed by atoms with Gasteiger partial charge in [-0.25, -0.2) is 5.43 Å². The molecule has 4 heteroatoms. The zero-order valence-corrected chi connectivity index (χ0v) is 11.5. The van der Waals surface area contributed by atoms with Gasteiger partial charge in [0, 0.05) is 0 Å². The molecular formula is C11H15IN2S. The van der Waals surface area contributed by atoms with Crippen LogP contribution in [0.3, 0.4) is 0 Å². The van der Waals surface area contributed by atoms with Crippen LogP contribution in [0.15, 0.2) is 23.1 Å². The van der Waals surface area contributed by atoms with Crippen LogP contribution < -0.4 is 11.3 Å². The number of allylic oxidation sites excluding steroid dienone is 1. The fraction of sp³-hybridized carbons (Fsp3) is 0.455. The second-order valence-corrected chi connectivity index (χ2v) is 6.61. The van der Waals surface area contributed by atoms with Crippen molar-refractivity contribution in [3.05, 3.63) is 31.5 Å². The SMILES string of the molecule is NNC(C1=CCCCC1)c1csc(I)c1. The first-order valence-electron chi connectivity index (χ1n) is 5.20. The summed E-state index contributed by atoms with van der Waals surface area (Å²) < 4.78 is 1.32. The predicted molar refractivity (Wildman–Crippen MR) is 73.7 cm³/mol. The molecular weight excluding hydrogens is 319 g/mol. The number of hydrazine groups is 1. The van der Waals surface area contributed by atoms with E-state index in [1.807, 2.05) is 0 Å². The number of hydrogen-bond donors (Lipinski definition) is 2. The van der Waals surface area contributed by atoms with Crippen LogP contribution in [-0.2, 0) is 0 Å². The molecule has 2 nitrogen and oxygen atoms in total. The molecule has 82 valence electrons. The van der Waals surface area contributed by atoms with Crippen LogP contribution in [0.5, 0.6) is 0 Å². The largest absolute Gasteiger partial charge is 0.271 e. The van der Waals surface area contributed by atoms with Crippen LogP contribution in [0.2, 0.25) is 0 Å². The lowest BCUT2D eigenvalue weighted by molar-refractivity contribution is 0.567. The van der Waals surface area contributed by atoms with Gasteiger partial charge in [0.15, 0.2) is 0 Å². The Balaban J connectivity index is 2.19. The maximum absolute atomic E-state index is 5.66. The molecule has 0 spiro atoms. The van der Waals surface area contributed by atoms with E-state index in [1.54, 1.807) is 11.3 Å². The Morgan fingerprint density at radius 3 is 2.87 bits per heavy atom. The molecule has 0 amide bonds. The third kappa shape index (κ3) is 2.81. The summed E-state index contributed by atoms with van der Waals surface area (Å²) in [5.41, 5.74) is 5.70. The average molecular weight is 334 g/mol. The minimum absolute atomic E-state index is 0.227. The van der Waals surface area contributed by atoms with Gasteiger partial charge < -0.3 is 0 Å². The summed E-state index contributed by atoms with van der Waals surface area (Å²) in [5, 5.41) is 2.20. The summed E-state index contributed by atoms with van der Waals surface area (Å²) in [7, 11) is 0. The molecule has 1 aromatic rings. The zero-order valence-electron chi connectivity index (χ0n) is 8.50. The maximum Gasteiger partial charge on any atom is 0.0678 e. The molecule has 0 bridgehead atoms. The molecule has 0 radical (unpaired) electrons. The van der Waals surface area contributed by atoms with E-state index in [0.717, 1.165) is 0 Å². The molecule has 3 N–H and O–H groups in total. The van der Waals surface area contributed by atoms with Crippen molar-refractivity contribution in [2.75, 3.05) is 0 Å². The molecule has 0 aromatic carbocycles. The fourth-order valence-electron chi connectivity index (χ4n) is 2.02. The second-order valence-electron chi connectivity index (χ2n) is 3.81. The predicted octanol–water partition coefficient (Wildman–Crippen LogP) is 3.36. The number of halogens is 1. The van der Waals surface area contributed by atoms with Crippen molar-refractivity contribution in [3.63, 3.8) is 0 Å². The first kappa shape index (κ1) is 11.6. The van der Waals surface area contributed by atoms with Gasteiger partial charge in [-0.2, -0.15) is 0 Å². The summed E-state index contributed by atoms with van der Waals surface area (Å²) in [6.45, 7) is 0. The van der Waals surface area contributed by atoms with Gasteiger partial charge in [-0.05, 0) is 65.3 Å². The smallest absolute Gasteiger partial charge is 0.0678 e. The number of thiophene rings is 1. The number of hydrogen-bond acceptors (Lipinski definition) is 3. The van der Waals surface area contributed by atoms with Crippen LogP contribution in [0.25, 0.3) is 0 Å². The van der Waals surface area contributed by atoms with E-state index in [4.69, 9.17) is 5.84 Å². The van der Waals surface area contributed by atoms with E-state index >= 15 is 0 Å². The van der Waals surface area contributed by atoms with Gasteiger partial charge in [-0.3, -0.25) is 5.84 Å². The third-order valence-electron chi connectivity index (χ3n) is 2.78. The number of nitrogens with one attached hydrogen (secondary N) is 1. The number of rotatable bonds is 3. The highest BCUT2D eigenvalue weighted by molar-refractivity contribution is 14.1. The van der Waals surface area contributed by atoms with Crippen LogP contribution in [0.4, 0.5) is 0 Å². The molecule has 1 atom stereocenters. The highest BCUT2D eigenvalue weighted by Gasteiger charge is 2.17. The molecule has 0 saturated heterocycles. The van der Waals surface area contributed by atoms with Crippen molar-refractivity contribution in [2.45, 2.75) is 31.7 Å². The molecule has 1 unspecified atom stereocenters. The Morgan fingerprint density at radius 2 is 2.33 bits per heavy atom. The zero-order chi connectivity index (χ0) is 10.7. The van der Waals surface area contributed by atoms with E-state index in [9.17, 15) is 0 Å². The van der Waals surface area contributed by atoms with Gasteiger partial charge in [0.1, 0.15) is 0 Å². The molecule has 1 aromatic heterocycles. The van der Waals surface area contributed by atoms with Crippen molar-refractivity contribution in [1.29, 1.82) is 0 Å². The van der Waals surface area contributed by atoms with Gasteiger partial charge in [0.05, 0.1) is 8.93 Å². The highest BCUT2D eigenvalue weighted by Crippen LogP contribution is 2.31. The Labute approximate surface area is 108 Å². The molecule has 0 aliphatic heterocycles. The second kappa shape index (κ2) is 5.43. The summed E-state index contributed by atoms with van der Waals surface area (Å²) >= 11 is 4.13. The Morgan fingerprint density at radius 1 is 1.47 bits per heavy atom. The van der Waals surface area contributed by atoms with E-state index < -0.39 is 0 Å². The Kier molecular flexibility index (Phi) is 4.19. The van der Waals surface area contributed by atoms with Gasteiger partial charge in [-0.1, -0.05) is 11.6 Å². The quantitative estimate of drug-likeness (QED) is 0.385. The monoisotopic (exact) mass is 334 g/mol.